The van der Waals surface area contributed by atoms with Crippen LogP contribution in [0.4, 0.5) is 0 Å². The van der Waals surface area contributed by atoms with Crippen molar-refractivity contribution < 1.29 is 5.11 Å². The van der Waals surface area contributed by atoms with Crippen LogP contribution in [0.5, 0.6) is 0 Å². The van der Waals surface area contributed by atoms with E-state index < -0.39 is 6.10 Å². The zero-order valence-corrected chi connectivity index (χ0v) is 12.3. The van der Waals surface area contributed by atoms with Gasteiger partial charge in [-0.1, -0.05) is 24.3 Å². The van der Waals surface area contributed by atoms with E-state index in [1.165, 1.54) is 24.2 Å². The van der Waals surface area contributed by atoms with Crippen molar-refractivity contribution in [2.75, 3.05) is 0 Å². The summed E-state index contributed by atoms with van der Waals surface area (Å²) in [5.74, 6) is 1.03. The molecule has 1 aromatic carbocycles. The molecule has 1 unspecified atom stereocenters. The van der Waals surface area contributed by atoms with Crippen LogP contribution in [0.2, 0.25) is 0 Å². The van der Waals surface area contributed by atoms with Gasteiger partial charge < -0.3 is 9.67 Å². The van der Waals surface area contributed by atoms with Crippen LogP contribution in [0.3, 0.4) is 0 Å². The molecule has 1 heterocycles. The quantitative estimate of drug-likeness (QED) is 0.930. The Hall–Kier alpha value is -1.61. The van der Waals surface area contributed by atoms with E-state index >= 15 is 0 Å². The molecule has 0 saturated carbocycles. The molecular formula is C17H22N2O. The highest BCUT2D eigenvalue weighted by molar-refractivity contribution is 5.28. The van der Waals surface area contributed by atoms with Crippen LogP contribution in [-0.2, 0) is 19.4 Å². The Labute approximate surface area is 120 Å². The average Bonchev–Trinajstić information content (AvgIpc) is 2.76. The molecule has 106 valence electrons. The third-order valence-electron chi connectivity index (χ3n) is 4.33. The third-order valence-corrected chi connectivity index (χ3v) is 4.33. The van der Waals surface area contributed by atoms with Gasteiger partial charge in [-0.15, -0.1) is 0 Å². The fraction of sp³-hybridized carbons (Fsp3) is 0.471. The van der Waals surface area contributed by atoms with E-state index in [9.17, 15) is 5.11 Å². The molecule has 1 aliphatic carbocycles. The van der Waals surface area contributed by atoms with Gasteiger partial charge in [0.05, 0.1) is 18.3 Å². The molecular weight excluding hydrogens is 248 g/mol. The zero-order chi connectivity index (χ0) is 14.1. The van der Waals surface area contributed by atoms with Gasteiger partial charge in [0.25, 0.3) is 0 Å². The summed E-state index contributed by atoms with van der Waals surface area (Å²) >= 11 is 0. The molecule has 2 aromatic rings. The predicted octanol–water partition coefficient (Wildman–Crippen LogP) is 3.11. The van der Waals surface area contributed by atoms with Crippen molar-refractivity contribution in [2.24, 2.45) is 0 Å². The highest BCUT2D eigenvalue weighted by Gasteiger charge is 2.20. The molecule has 3 heteroatoms. The monoisotopic (exact) mass is 270 g/mol. The molecule has 0 aliphatic heterocycles. The number of hydrogen-bond donors (Lipinski definition) is 1. The average molecular weight is 270 g/mol. The number of imidazole rings is 1. The van der Waals surface area contributed by atoms with Crippen LogP contribution < -0.4 is 0 Å². The summed E-state index contributed by atoms with van der Waals surface area (Å²) in [5, 5.41) is 10.6. The van der Waals surface area contributed by atoms with Crippen molar-refractivity contribution in [1.29, 1.82) is 0 Å². The van der Waals surface area contributed by atoms with E-state index in [2.05, 4.69) is 22.5 Å². The van der Waals surface area contributed by atoms with Gasteiger partial charge in [0.1, 0.15) is 5.82 Å². The van der Waals surface area contributed by atoms with E-state index in [1.807, 2.05) is 25.1 Å². The lowest BCUT2D eigenvalue weighted by Crippen LogP contribution is -2.15. The van der Waals surface area contributed by atoms with Crippen LogP contribution >= 0.6 is 0 Å². The summed E-state index contributed by atoms with van der Waals surface area (Å²) in [6.07, 6.45) is 4.19. The van der Waals surface area contributed by atoms with Crippen molar-refractivity contribution in [3.8, 4) is 0 Å². The Morgan fingerprint density at radius 3 is 2.75 bits per heavy atom. The van der Waals surface area contributed by atoms with Gasteiger partial charge in [-0.2, -0.15) is 0 Å². The van der Waals surface area contributed by atoms with E-state index in [4.69, 9.17) is 0 Å². The minimum Gasteiger partial charge on any atom is -0.387 e. The summed E-state index contributed by atoms with van der Waals surface area (Å²) in [6.45, 7) is 4.71. The minimum absolute atomic E-state index is 0.463. The van der Waals surface area contributed by atoms with Gasteiger partial charge in [0.2, 0.25) is 0 Å². The molecule has 1 aliphatic rings. The maximum Gasteiger partial charge on any atom is 0.106 e. The standard InChI is InChI=1S/C17H22N2O/c1-12-7-3-4-8-14(12)17(20)11-19-13(2)18-15-9-5-6-10-16(15)19/h3-4,7-8,17,20H,5-6,9-11H2,1-2H3. The normalized spacial score (nSPS) is 15.9. The van der Waals surface area contributed by atoms with Gasteiger partial charge in [0.15, 0.2) is 0 Å². The number of aliphatic hydroxyl groups is 1. The number of rotatable bonds is 3. The first-order valence-corrected chi connectivity index (χ1v) is 7.45. The largest absolute Gasteiger partial charge is 0.387 e. The highest BCUT2D eigenvalue weighted by Crippen LogP contribution is 2.25. The SMILES string of the molecule is Cc1ccccc1C(O)Cn1c(C)nc2c1CCCC2. The second-order valence-electron chi connectivity index (χ2n) is 5.74. The predicted molar refractivity (Wildman–Crippen MR) is 79.7 cm³/mol. The van der Waals surface area contributed by atoms with Gasteiger partial charge >= 0.3 is 0 Å². The molecule has 0 fully saturated rings. The van der Waals surface area contributed by atoms with Crippen molar-refractivity contribution in [1.82, 2.24) is 9.55 Å². The molecule has 0 spiro atoms. The summed E-state index contributed by atoms with van der Waals surface area (Å²) in [6, 6.07) is 8.06. The summed E-state index contributed by atoms with van der Waals surface area (Å²) in [7, 11) is 0. The third kappa shape index (κ3) is 2.38. The van der Waals surface area contributed by atoms with Crippen LogP contribution in [0.1, 0.15) is 47.3 Å². The summed E-state index contributed by atoms with van der Waals surface area (Å²) < 4.78 is 2.21. The molecule has 3 nitrogen and oxygen atoms in total. The number of benzene rings is 1. The molecule has 1 atom stereocenters. The Balaban J connectivity index is 1.88. The van der Waals surface area contributed by atoms with Crippen LogP contribution in [0.25, 0.3) is 0 Å². The van der Waals surface area contributed by atoms with E-state index in [1.54, 1.807) is 0 Å². The van der Waals surface area contributed by atoms with Crippen LogP contribution in [0.15, 0.2) is 24.3 Å². The van der Waals surface area contributed by atoms with E-state index in [-0.39, 0.29) is 0 Å². The number of fused-ring (bicyclic) bond motifs is 1. The second-order valence-corrected chi connectivity index (χ2v) is 5.74. The summed E-state index contributed by atoms with van der Waals surface area (Å²) in [5.41, 5.74) is 4.74. The maximum atomic E-state index is 10.6. The van der Waals surface area contributed by atoms with Crippen molar-refractivity contribution >= 4 is 0 Å². The number of hydrogen-bond acceptors (Lipinski definition) is 2. The first kappa shape index (κ1) is 13.4. The summed E-state index contributed by atoms with van der Waals surface area (Å²) in [4.78, 5) is 4.67. The molecule has 0 amide bonds. The fourth-order valence-corrected chi connectivity index (χ4v) is 3.21. The lowest BCUT2D eigenvalue weighted by atomic mass is 10.0. The first-order chi connectivity index (χ1) is 9.66. The molecule has 1 aromatic heterocycles. The molecule has 3 rings (SSSR count). The lowest BCUT2D eigenvalue weighted by molar-refractivity contribution is 0.153. The highest BCUT2D eigenvalue weighted by atomic mass is 16.3. The Morgan fingerprint density at radius 2 is 1.95 bits per heavy atom. The topological polar surface area (TPSA) is 38.0 Å². The van der Waals surface area contributed by atoms with E-state index in [0.29, 0.717) is 6.54 Å². The van der Waals surface area contributed by atoms with Gasteiger partial charge in [0, 0.05) is 5.69 Å². The molecule has 1 N–H and O–H groups in total. The zero-order valence-electron chi connectivity index (χ0n) is 12.3. The van der Waals surface area contributed by atoms with E-state index in [0.717, 1.165) is 29.8 Å². The number of nitrogens with zero attached hydrogens (tertiary/aromatic N) is 2. The van der Waals surface area contributed by atoms with Gasteiger partial charge in [-0.25, -0.2) is 4.98 Å². The number of aliphatic hydroxyl groups excluding tert-OH is 1. The Kier molecular flexibility index (Phi) is 3.62. The molecule has 0 bridgehead atoms. The number of aryl methyl sites for hydroxylation is 3. The molecule has 0 radical (unpaired) electrons. The fourth-order valence-electron chi connectivity index (χ4n) is 3.21. The van der Waals surface area contributed by atoms with Crippen LogP contribution in [0, 0.1) is 13.8 Å². The number of aromatic nitrogens is 2. The lowest BCUT2D eigenvalue weighted by Gasteiger charge is -2.19. The molecule has 20 heavy (non-hydrogen) atoms. The van der Waals surface area contributed by atoms with Crippen molar-refractivity contribution in [2.45, 2.75) is 52.2 Å². The minimum atomic E-state index is -0.463. The van der Waals surface area contributed by atoms with Crippen molar-refractivity contribution in [3.05, 3.63) is 52.6 Å². The Morgan fingerprint density at radius 1 is 1.20 bits per heavy atom. The maximum absolute atomic E-state index is 10.6. The Bertz CT molecular complexity index is 615. The van der Waals surface area contributed by atoms with Gasteiger partial charge in [-0.3, -0.25) is 0 Å². The smallest absolute Gasteiger partial charge is 0.106 e. The van der Waals surface area contributed by atoms with Crippen LogP contribution in [-0.4, -0.2) is 14.7 Å². The van der Waals surface area contributed by atoms with Gasteiger partial charge in [-0.05, 0) is 50.7 Å². The van der Waals surface area contributed by atoms with Crippen molar-refractivity contribution in [3.63, 3.8) is 0 Å². The second kappa shape index (κ2) is 5.41. The first-order valence-electron chi connectivity index (χ1n) is 7.45. The molecule has 0 saturated heterocycles.